The van der Waals surface area contributed by atoms with Gasteiger partial charge in [0.25, 0.3) is 0 Å². The van der Waals surface area contributed by atoms with Crippen molar-refractivity contribution >= 4 is 34.8 Å². The minimum absolute atomic E-state index is 0.269. The summed E-state index contributed by atoms with van der Waals surface area (Å²) in [6.07, 6.45) is 6.36. The van der Waals surface area contributed by atoms with Crippen LogP contribution in [0.5, 0.6) is 0 Å². The van der Waals surface area contributed by atoms with E-state index in [9.17, 15) is 8.78 Å². The Morgan fingerprint density at radius 3 is 2.79 bits per heavy atom. The lowest BCUT2D eigenvalue weighted by Gasteiger charge is -2.14. The first-order valence-corrected chi connectivity index (χ1v) is 8.53. The van der Waals surface area contributed by atoms with Gasteiger partial charge < -0.3 is 4.72 Å². The molecule has 1 aromatic heterocycles. The van der Waals surface area contributed by atoms with Crippen molar-refractivity contribution in [2.45, 2.75) is 25.2 Å². The van der Waals surface area contributed by atoms with Gasteiger partial charge >= 0.3 is 0 Å². The van der Waals surface area contributed by atoms with E-state index in [1.807, 2.05) is 19.9 Å². The van der Waals surface area contributed by atoms with Gasteiger partial charge in [0.2, 0.25) is 0 Å². The van der Waals surface area contributed by atoms with Crippen LogP contribution in [0.4, 0.5) is 14.5 Å². The van der Waals surface area contributed by atoms with E-state index in [-0.39, 0.29) is 10.0 Å². The van der Waals surface area contributed by atoms with Crippen molar-refractivity contribution < 1.29 is 8.78 Å². The summed E-state index contributed by atoms with van der Waals surface area (Å²) in [5.74, 6) is -1.25. The second-order valence-electron chi connectivity index (χ2n) is 5.01. The van der Waals surface area contributed by atoms with Gasteiger partial charge in [-0.25, -0.2) is 13.8 Å². The highest BCUT2D eigenvalue weighted by molar-refractivity contribution is 8.00. The molecule has 24 heavy (non-hydrogen) atoms. The lowest BCUT2D eigenvalue weighted by molar-refractivity contribution is 0.566. The molecule has 1 heterocycles. The molecule has 0 saturated heterocycles. The Kier molecular flexibility index (Phi) is 6.40. The lowest BCUT2D eigenvalue weighted by Crippen LogP contribution is -1.99. The summed E-state index contributed by atoms with van der Waals surface area (Å²) in [4.78, 5) is 4.46. The molecule has 0 saturated carbocycles. The molecule has 1 aromatic carbocycles. The molecule has 2 nitrogen and oxygen atoms in total. The maximum Gasteiger partial charge on any atom is 0.153 e. The van der Waals surface area contributed by atoms with Gasteiger partial charge in [-0.05, 0) is 48.6 Å². The predicted molar refractivity (Wildman–Crippen MR) is 98.3 cm³/mol. The van der Waals surface area contributed by atoms with Crippen LogP contribution in [0.3, 0.4) is 0 Å². The van der Waals surface area contributed by atoms with Crippen molar-refractivity contribution in [1.82, 2.24) is 4.98 Å². The first-order chi connectivity index (χ1) is 11.5. The predicted octanol–water partition coefficient (Wildman–Crippen LogP) is 6.42. The van der Waals surface area contributed by atoms with E-state index in [1.54, 1.807) is 12.3 Å². The van der Waals surface area contributed by atoms with Gasteiger partial charge in [-0.3, -0.25) is 0 Å². The molecular weight excluding hydrogens is 350 g/mol. The number of rotatable bonds is 6. The number of pyridine rings is 1. The largest absolute Gasteiger partial charge is 0.323 e. The summed E-state index contributed by atoms with van der Waals surface area (Å²) in [5.41, 5.74) is 3.33. The highest BCUT2D eigenvalue weighted by Gasteiger charge is 2.13. The summed E-state index contributed by atoms with van der Waals surface area (Å²) < 4.78 is 29.7. The van der Waals surface area contributed by atoms with E-state index in [1.165, 1.54) is 12.1 Å². The zero-order valence-electron chi connectivity index (χ0n) is 13.4. The molecule has 0 radical (unpaired) electrons. The van der Waals surface area contributed by atoms with Crippen molar-refractivity contribution in [3.05, 3.63) is 71.0 Å². The van der Waals surface area contributed by atoms with E-state index in [2.05, 4.69) is 16.3 Å². The first kappa shape index (κ1) is 18.5. The second kappa shape index (κ2) is 8.31. The molecule has 6 heteroatoms. The highest BCUT2D eigenvalue weighted by atomic mass is 35.5. The van der Waals surface area contributed by atoms with E-state index in [4.69, 9.17) is 11.6 Å². The molecule has 0 spiro atoms. The fourth-order valence-corrected chi connectivity index (χ4v) is 3.22. The van der Waals surface area contributed by atoms with Crippen molar-refractivity contribution in [2.75, 3.05) is 4.72 Å². The fourth-order valence-electron chi connectivity index (χ4n) is 2.17. The number of allylic oxidation sites excluding steroid dienone is 3. The Labute approximate surface area is 149 Å². The lowest BCUT2D eigenvalue weighted by atomic mass is 10.0. The molecule has 0 unspecified atom stereocenters. The number of nitrogens with zero attached hydrogens (tertiary/aromatic N) is 1. The number of aromatic nitrogens is 1. The van der Waals surface area contributed by atoms with Crippen LogP contribution in [-0.2, 0) is 0 Å². The number of nitrogens with one attached hydrogen (secondary N) is 1. The molecule has 126 valence electrons. The van der Waals surface area contributed by atoms with Gasteiger partial charge in [-0.2, -0.15) is 0 Å². The number of halogens is 3. The zero-order valence-corrected chi connectivity index (χ0v) is 14.9. The first-order valence-electron chi connectivity index (χ1n) is 7.33. The van der Waals surface area contributed by atoms with Crippen LogP contribution in [0, 0.1) is 18.6 Å². The van der Waals surface area contributed by atoms with E-state index in [0.717, 1.165) is 41.1 Å². The van der Waals surface area contributed by atoms with Gasteiger partial charge in [0.1, 0.15) is 11.6 Å². The number of anilines is 1. The number of hydrogen-bond donors (Lipinski definition) is 1. The van der Waals surface area contributed by atoms with Crippen LogP contribution < -0.4 is 4.72 Å². The number of hydrogen-bond acceptors (Lipinski definition) is 3. The van der Waals surface area contributed by atoms with Crippen LogP contribution in [-0.4, -0.2) is 4.98 Å². The van der Waals surface area contributed by atoms with Crippen molar-refractivity contribution in [3.8, 4) is 0 Å². The molecule has 2 rings (SSSR count). The van der Waals surface area contributed by atoms with Crippen LogP contribution in [0.25, 0.3) is 5.57 Å². The quantitative estimate of drug-likeness (QED) is 0.362. The Morgan fingerprint density at radius 1 is 1.42 bits per heavy atom. The molecule has 0 aliphatic heterocycles. The average Bonchev–Trinajstić information content (AvgIpc) is 2.55. The SMILES string of the molecule is C=C/C(=C\CC)c1cnc(Cl)c(NSc2ccc(F)cc2F)c1C. The van der Waals surface area contributed by atoms with E-state index in [0.29, 0.717) is 5.69 Å². The monoisotopic (exact) mass is 366 g/mol. The summed E-state index contributed by atoms with van der Waals surface area (Å²) in [7, 11) is 0. The molecule has 1 N–H and O–H groups in total. The Bertz CT molecular complexity index is 791. The van der Waals surface area contributed by atoms with E-state index >= 15 is 0 Å². The maximum absolute atomic E-state index is 13.7. The van der Waals surface area contributed by atoms with Crippen LogP contribution in [0.1, 0.15) is 24.5 Å². The molecule has 0 aliphatic carbocycles. The minimum Gasteiger partial charge on any atom is -0.323 e. The van der Waals surface area contributed by atoms with E-state index < -0.39 is 11.6 Å². The van der Waals surface area contributed by atoms with Crippen LogP contribution in [0.2, 0.25) is 5.15 Å². The van der Waals surface area contributed by atoms with Gasteiger partial charge in [-0.15, -0.1) is 0 Å². The van der Waals surface area contributed by atoms with Crippen molar-refractivity contribution in [1.29, 1.82) is 0 Å². The third-order valence-corrected chi connectivity index (χ3v) is 4.55. The average molecular weight is 367 g/mol. The van der Waals surface area contributed by atoms with Crippen molar-refractivity contribution in [3.63, 3.8) is 0 Å². The van der Waals surface area contributed by atoms with Gasteiger partial charge in [0.05, 0.1) is 10.6 Å². The zero-order chi connectivity index (χ0) is 17.7. The fraction of sp³-hybridized carbons (Fsp3) is 0.167. The Hall–Kier alpha value is -1.85. The molecule has 0 amide bonds. The molecule has 0 atom stereocenters. The second-order valence-corrected chi connectivity index (χ2v) is 6.22. The smallest absolute Gasteiger partial charge is 0.153 e. The normalized spacial score (nSPS) is 11.5. The standard InChI is InChI=1S/C18H17ClF2N2S/c1-4-6-12(5-2)14-10-22-18(19)17(11(14)3)23-24-16-8-7-13(20)9-15(16)21/h5-10,23H,2,4H2,1,3H3/b12-6+. The molecule has 0 aliphatic rings. The third-order valence-electron chi connectivity index (χ3n) is 3.40. The van der Waals surface area contributed by atoms with Gasteiger partial charge in [0, 0.05) is 17.8 Å². The number of benzene rings is 1. The van der Waals surface area contributed by atoms with Crippen LogP contribution in [0.15, 0.2) is 48.0 Å². The maximum atomic E-state index is 13.7. The minimum atomic E-state index is -0.636. The molecule has 0 fully saturated rings. The third kappa shape index (κ3) is 4.16. The molecular formula is C18H17ClF2N2S. The topological polar surface area (TPSA) is 24.9 Å². The van der Waals surface area contributed by atoms with Crippen LogP contribution >= 0.6 is 23.5 Å². The molecule has 0 bridgehead atoms. The van der Waals surface area contributed by atoms with Gasteiger partial charge in [-0.1, -0.05) is 37.3 Å². The highest BCUT2D eigenvalue weighted by Crippen LogP contribution is 2.34. The summed E-state index contributed by atoms with van der Waals surface area (Å²) in [6, 6.07) is 3.41. The Morgan fingerprint density at radius 2 is 2.17 bits per heavy atom. The summed E-state index contributed by atoms with van der Waals surface area (Å²) in [5, 5.41) is 0.284. The Balaban J connectivity index is 2.33. The molecule has 2 aromatic rings. The summed E-state index contributed by atoms with van der Waals surface area (Å²) in [6.45, 7) is 7.76. The van der Waals surface area contributed by atoms with Gasteiger partial charge in [0.15, 0.2) is 5.15 Å². The van der Waals surface area contributed by atoms with Crippen molar-refractivity contribution in [2.24, 2.45) is 0 Å². The summed E-state index contributed by atoms with van der Waals surface area (Å²) >= 11 is 7.19.